The minimum absolute atomic E-state index is 0.0537. The molecule has 130 valence electrons. The normalized spacial score (nSPS) is 11.8. The third-order valence-electron chi connectivity index (χ3n) is 4.86. The zero-order valence-corrected chi connectivity index (χ0v) is 17.6. The predicted octanol–water partition coefficient (Wildman–Crippen LogP) is 5.84. The van der Waals surface area contributed by atoms with Gasteiger partial charge in [0.25, 0.3) is 0 Å². The van der Waals surface area contributed by atoms with E-state index in [0.29, 0.717) is 0 Å². The summed E-state index contributed by atoms with van der Waals surface area (Å²) in [6, 6.07) is 14.8. The summed E-state index contributed by atoms with van der Waals surface area (Å²) in [5.74, 6) is 1.92. The molecule has 0 unspecified atom stereocenters. The molecule has 0 amide bonds. The first-order valence-corrected chi connectivity index (χ1v) is 9.71. The molecule has 0 saturated heterocycles. The zero-order valence-electron chi connectivity index (χ0n) is 15.5. The second kappa shape index (κ2) is 6.90. The predicted molar refractivity (Wildman–Crippen MR) is 112 cm³/mol. The van der Waals surface area contributed by atoms with Crippen molar-refractivity contribution in [3.05, 3.63) is 63.0 Å². The van der Waals surface area contributed by atoms with Gasteiger partial charge in [-0.05, 0) is 66.1 Å². The second-order valence-corrected chi connectivity index (χ2v) is 8.42. The van der Waals surface area contributed by atoms with Crippen LogP contribution in [0.15, 0.2) is 42.5 Å². The summed E-state index contributed by atoms with van der Waals surface area (Å²) in [4.78, 5) is 0. The van der Waals surface area contributed by atoms with Gasteiger partial charge in [0.2, 0.25) is 0 Å². The van der Waals surface area contributed by atoms with Crippen LogP contribution in [0.2, 0.25) is 0 Å². The quantitative estimate of drug-likeness (QED) is 0.472. The molecule has 3 nitrogen and oxygen atoms in total. The summed E-state index contributed by atoms with van der Waals surface area (Å²) < 4.78 is 3.52. The lowest BCUT2D eigenvalue weighted by Gasteiger charge is -2.25. The number of benzene rings is 2. The molecule has 25 heavy (non-hydrogen) atoms. The minimum Gasteiger partial charge on any atom is -0.278 e. The smallest absolute Gasteiger partial charge is 0.168 e. The summed E-state index contributed by atoms with van der Waals surface area (Å²) in [6.45, 7) is 11.0. The number of halogens is 1. The van der Waals surface area contributed by atoms with Crippen LogP contribution in [0.25, 0.3) is 17.1 Å². The van der Waals surface area contributed by atoms with Gasteiger partial charge in [-0.3, -0.25) is 4.57 Å². The van der Waals surface area contributed by atoms with Crippen molar-refractivity contribution in [1.82, 2.24) is 14.8 Å². The standard InChI is InChI=1S/C21H24IN3/c1-6-21(4,5)20-24-23-19(16-10-8-7-9-11-16)25(20)18-14(2)12-17(22)13-15(18)3/h7-13H,6H2,1-5H3. The van der Waals surface area contributed by atoms with Gasteiger partial charge in [0.1, 0.15) is 5.82 Å². The lowest BCUT2D eigenvalue weighted by Crippen LogP contribution is -2.22. The molecule has 0 fully saturated rings. The highest BCUT2D eigenvalue weighted by Gasteiger charge is 2.29. The van der Waals surface area contributed by atoms with Crippen molar-refractivity contribution < 1.29 is 0 Å². The van der Waals surface area contributed by atoms with E-state index in [4.69, 9.17) is 0 Å². The van der Waals surface area contributed by atoms with E-state index in [1.165, 1.54) is 20.4 Å². The van der Waals surface area contributed by atoms with Crippen molar-refractivity contribution in [3.63, 3.8) is 0 Å². The van der Waals surface area contributed by atoms with E-state index in [1.807, 2.05) is 18.2 Å². The van der Waals surface area contributed by atoms with Crippen LogP contribution in [0, 0.1) is 17.4 Å². The molecule has 1 aromatic heterocycles. The third kappa shape index (κ3) is 3.36. The van der Waals surface area contributed by atoms with Gasteiger partial charge < -0.3 is 0 Å². The number of rotatable bonds is 4. The third-order valence-corrected chi connectivity index (χ3v) is 5.49. The summed E-state index contributed by atoms with van der Waals surface area (Å²) in [7, 11) is 0. The largest absolute Gasteiger partial charge is 0.278 e. The van der Waals surface area contributed by atoms with Gasteiger partial charge in [-0.15, -0.1) is 10.2 Å². The van der Waals surface area contributed by atoms with Crippen molar-refractivity contribution in [2.45, 2.75) is 46.5 Å². The van der Waals surface area contributed by atoms with E-state index >= 15 is 0 Å². The van der Waals surface area contributed by atoms with E-state index in [1.54, 1.807) is 0 Å². The van der Waals surface area contributed by atoms with Crippen LogP contribution in [0.1, 0.15) is 44.1 Å². The molecule has 1 heterocycles. The lowest BCUT2D eigenvalue weighted by molar-refractivity contribution is 0.464. The SMILES string of the molecule is CCC(C)(C)c1nnc(-c2ccccc2)n1-c1c(C)cc(I)cc1C. The summed E-state index contributed by atoms with van der Waals surface area (Å²) >= 11 is 2.38. The number of aryl methyl sites for hydroxylation is 2. The maximum atomic E-state index is 4.63. The minimum atomic E-state index is -0.0537. The molecule has 0 saturated carbocycles. The van der Waals surface area contributed by atoms with Gasteiger partial charge in [-0.25, -0.2) is 0 Å². The molecule has 2 aromatic carbocycles. The van der Waals surface area contributed by atoms with Crippen LogP contribution in [0.4, 0.5) is 0 Å². The molecule has 0 bridgehead atoms. The molecular weight excluding hydrogens is 421 g/mol. The topological polar surface area (TPSA) is 30.7 Å². The second-order valence-electron chi connectivity index (χ2n) is 7.17. The monoisotopic (exact) mass is 445 g/mol. The Kier molecular flexibility index (Phi) is 5.00. The van der Waals surface area contributed by atoms with Crippen molar-refractivity contribution in [1.29, 1.82) is 0 Å². The van der Waals surface area contributed by atoms with E-state index < -0.39 is 0 Å². The molecule has 4 heteroatoms. The van der Waals surface area contributed by atoms with Crippen LogP contribution < -0.4 is 0 Å². The van der Waals surface area contributed by atoms with Gasteiger partial charge in [-0.1, -0.05) is 51.1 Å². The van der Waals surface area contributed by atoms with Crippen LogP contribution in [-0.4, -0.2) is 14.8 Å². The van der Waals surface area contributed by atoms with Crippen LogP contribution in [-0.2, 0) is 5.41 Å². The van der Waals surface area contributed by atoms with Crippen LogP contribution >= 0.6 is 22.6 Å². The maximum Gasteiger partial charge on any atom is 0.168 e. The molecule has 0 aliphatic rings. The Morgan fingerprint density at radius 2 is 1.60 bits per heavy atom. The fraction of sp³-hybridized carbons (Fsp3) is 0.333. The highest BCUT2D eigenvalue weighted by molar-refractivity contribution is 14.1. The number of hydrogen-bond donors (Lipinski definition) is 0. The lowest BCUT2D eigenvalue weighted by atomic mass is 9.89. The summed E-state index contributed by atoms with van der Waals surface area (Å²) in [6.07, 6.45) is 1.00. The Hall–Kier alpha value is -1.69. The summed E-state index contributed by atoms with van der Waals surface area (Å²) in [5, 5.41) is 9.22. The van der Waals surface area contributed by atoms with E-state index in [2.05, 4.69) is 96.2 Å². The molecule has 3 aromatic rings. The first-order valence-electron chi connectivity index (χ1n) is 8.63. The molecule has 0 spiro atoms. The van der Waals surface area contributed by atoms with Gasteiger partial charge in [-0.2, -0.15) is 0 Å². The molecular formula is C21H24IN3. The van der Waals surface area contributed by atoms with Crippen molar-refractivity contribution >= 4 is 22.6 Å². The average molecular weight is 445 g/mol. The van der Waals surface area contributed by atoms with E-state index in [0.717, 1.165) is 23.6 Å². The molecule has 0 aliphatic heterocycles. The fourth-order valence-electron chi connectivity index (χ4n) is 3.12. The van der Waals surface area contributed by atoms with Gasteiger partial charge in [0.05, 0.1) is 5.69 Å². The molecule has 0 N–H and O–H groups in total. The molecule has 0 radical (unpaired) electrons. The molecule has 0 atom stereocenters. The average Bonchev–Trinajstić information content (AvgIpc) is 3.00. The Bertz CT molecular complexity index is 872. The fourth-order valence-corrected chi connectivity index (χ4v) is 4.06. The van der Waals surface area contributed by atoms with E-state index in [9.17, 15) is 0 Å². The Balaban J connectivity index is 2.36. The van der Waals surface area contributed by atoms with Crippen LogP contribution in [0.5, 0.6) is 0 Å². The number of aromatic nitrogens is 3. The summed E-state index contributed by atoms with van der Waals surface area (Å²) in [5.41, 5.74) is 4.72. The highest BCUT2D eigenvalue weighted by Crippen LogP contribution is 2.34. The zero-order chi connectivity index (χ0) is 18.2. The molecule has 3 rings (SSSR count). The van der Waals surface area contributed by atoms with Gasteiger partial charge in [0, 0.05) is 14.5 Å². The van der Waals surface area contributed by atoms with Gasteiger partial charge >= 0.3 is 0 Å². The highest BCUT2D eigenvalue weighted by atomic mass is 127. The first-order chi connectivity index (χ1) is 11.8. The van der Waals surface area contributed by atoms with Crippen molar-refractivity contribution in [2.24, 2.45) is 0 Å². The van der Waals surface area contributed by atoms with Crippen LogP contribution in [0.3, 0.4) is 0 Å². The first kappa shape index (κ1) is 18.1. The number of hydrogen-bond acceptors (Lipinski definition) is 2. The van der Waals surface area contributed by atoms with Gasteiger partial charge in [0.15, 0.2) is 5.82 Å². The molecule has 0 aliphatic carbocycles. The van der Waals surface area contributed by atoms with Crippen molar-refractivity contribution in [3.8, 4) is 17.1 Å². The Labute approximate surface area is 163 Å². The van der Waals surface area contributed by atoms with Crippen molar-refractivity contribution in [2.75, 3.05) is 0 Å². The Morgan fingerprint density at radius 3 is 2.16 bits per heavy atom. The Morgan fingerprint density at radius 1 is 1.00 bits per heavy atom. The number of nitrogens with zero attached hydrogens (tertiary/aromatic N) is 3. The maximum absolute atomic E-state index is 4.63. The van der Waals surface area contributed by atoms with E-state index in [-0.39, 0.29) is 5.41 Å².